The Morgan fingerprint density at radius 2 is 2.11 bits per heavy atom. The minimum absolute atomic E-state index is 0.0601. The number of nitrogens with zero attached hydrogens (tertiary/aromatic N) is 1. The van der Waals surface area contributed by atoms with Crippen LogP contribution in [0.1, 0.15) is 33.3 Å². The fourth-order valence-corrected chi connectivity index (χ4v) is 1.42. The van der Waals surface area contributed by atoms with Gasteiger partial charge in [0.2, 0.25) is 5.90 Å². The molecule has 19 heavy (non-hydrogen) atoms. The van der Waals surface area contributed by atoms with Crippen molar-refractivity contribution in [3.8, 4) is 5.75 Å². The van der Waals surface area contributed by atoms with Gasteiger partial charge in [0.15, 0.2) is 11.6 Å². The van der Waals surface area contributed by atoms with Gasteiger partial charge in [-0.05, 0) is 38.5 Å². The third-order valence-corrected chi connectivity index (χ3v) is 2.14. The fourth-order valence-electron chi connectivity index (χ4n) is 1.42. The molecule has 1 aromatic carbocycles. The minimum Gasteiger partial charge on any atom is -0.488 e. The Hall–Kier alpha value is -1.78. The summed E-state index contributed by atoms with van der Waals surface area (Å²) >= 11 is 0. The molecule has 106 valence electrons. The minimum atomic E-state index is -0.402. The van der Waals surface area contributed by atoms with Crippen molar-refractivity contribution in [3.05, 3.63) is 29.6 Å². The number of rotatable bonds is 6. The van der Waals surface area contributed by atoms with Crippen molar-refractivity contribution < 1.29 is 18.7 Å². The van der Waals surface area contributed by atoms with Crippen molar-refractivity contribution in [2.45, 2.75) is 40.4 Å². The largest absolute Gasteiger partial charge is 0.488 e. The standard InChI is InChI=1S/C14H20FNO3/c1-5-17-11(4)16-18-9-12-6-7-14(13(15)8-12)19-10(2)3/h6-8,10H,5,9H2,1-4H3/b16-11+. The van der Waals surface area contributed by atoms with Crippen molar-refractivity contribution in [1.29, 1.82) is 0 Å². The lowest BCUT2D eigenvalue weighted by Crippen LogP contribution is -2.07. The van der Waals surface area contributed by atoms with Gasteiger partial charge in [-0.1, -0.05) is 11.2 Å². The zero-order valence-electron chi connectivity index (χ0n) is 11.8. The molecule has 0 fully saturated rings. The highest BCUT2D eigenvalue weighted by Gasteiger charge is 2.06. The van der Waals surface area contributed by atoms with Gasteiger partial charge in [-0.15, -0.1) is 0 Å². The molecule has 0 saturated carbocycles. The van der Waals surface area contributed by atoms with Crippen LogP contribution < -0.4 is 4.74 Å². The van der Waals surface area contributed by atoms with E-state index in [2.05, 4.69) is 5.16 Å². The highest BCUT2D eigenvalue weighted by atomic mass is 19.1. The molecule has 5 heteroatoms. The number of hydrogen-bond donors (Lipinski definition) is 0. The molecule has 0 unspecified atom stereocenters. The number of oxime groups is 1. The molecule has 0 saturated heterocycles. The van der Waals surface area contributed by atoms with Crippen LogP contribution in [0.25, 0.3) is 0 Å². The number of halogens is 1. The smallest absolute Gasteiger partial charge is 0.222 e. The number of ether oxygens (including phenoxy) is 2. The van der Waals surface area contributed by atoms with Gasteiger partial charge in [-0.25, -0.2) is 4.39 Å². The Balaban J connectivity index is 2.56. The molecule has 0 N–H and O–H groups in total. The Morgan fingerprint density at radius 1 is 1.37 bits per heavy atom. The summed E-state index contributed by atoms with van der Waals surface area (Å²) in [6.07, 6.45) is -0.0601. The zero-order chi connectivity index (χ0) is 14.3. The monoisotopic (exact) mass is 269 g/mol. The highest BCUT2D eigenvalue weighted by Crippen LogP contribution is 2.20. The van der Waals surface area contributed by atoms with E-state index in [4.69, 9.17) is 14.3 Å². The van der Waals surface area contributed by atoms with E-state index in [0.717, 1.165) is 0 Å². The van der Waals surface area contributed by atoms with Crippen molar-refractivity contribution in [3.63, 3.8) is 0 Å². The molecule has 0 aliphatic rings. The van der Waals surface area contributed by atoms with E-state index in [1.165, 1.54) is 6.07 Å². The Kier molecular flexibility index (Phi) is 6.12. The summed E-state index contributed by atoms with van der Waals surface area (Å²) in [5.74, 6) is 0.288. The summed E-state index contributed by atoms with van der Waals surface area (Å²) in [4.78, 5) is 5.07. The molecular formula is C14H20FNO3. The van der Waals surface area contributed by atoms with Crippen molar-refractivity contribution in [2.75, 3.05) is 6.61 Å². The van der Waals surface area contributed by atoms with Gasteiger partial charge >= 0.3 is 0 Å². The first kappa shape index (κ1) is 15.3. The van der Waals surface area contributed by atoms with Gasteiger partial charge < -0.3 is 14.3 Å². The molecule has 0 aliphatic heterocycles. The Morgan fingerprint density at radius 3 is 2.68 bits per heavy atom. The molecule has 0 bridgehead atoms. The first-order valence-corrected chi connectivity index (χ1v) is 6.27. The molecule has 0 spiro atoms. The summed E-state index contributed by atoms with van der Waals surface area (Å²) in [5, 5.41) is 3.75. The second-order valence-electron chi connectivity index (χ2n) is 4.25. The molecule has 0 amide bonds. The normalized spacial score (nSPS) is 11.6. The lowest BCUT2D eigenvalue weighted by atomic mass is 10.2. The maximum absolute atomic E-state index is 13.7. The van der Waals surface area contributed by atoms with E-state index in [-0.39, 0.29) is 18.5 Å². The predicted molar refractivity (Wildman–Crippen MR) is 71.7 cm³/mol. The molecule has 0 atom stereocenters. The molecule has 0 aliphatic carbocycles. The fraction of sp³-hybridized carbons (Fsp3) is 0.500. The summed E-state index contributed by atoms with van der Waals surface area (Å²) in [6, 6.07) is 4.71. The lowest BCUT2D eigenvalue weighted by molar-refractivity contribution is 0.119. The van der Waals surface area contributed by atoms with E-state index in [1.54, 1.807) is 19.1 Å². The quantitative estimate of drug-likeness (QED) is 0.451. The van der Waals surface area contributed by atoms with Gasteiger partial charge in [-0.2, -0.15) is 0 Å². The van der Waals surface area contributed by atoms with Crippen LogP contribution >= 0.6 is 0 Å². The van der Waals surface area contributed by atoms with Crippen LogP contribution in [0.3, 0.4) is 0 Å². The molecule has 0 heterocycles. The van der Waals surface area contributed by atoms with Crippen LogP contribution in [0, 0.1) is 5.82 Å². The second-order valence-corrected chi connectivity index (χ2v) is 4.25. The third-order valence-electron chi connectivity index (χ3n) is 2.14. The highest BCUT2D eigenvalue weighted by molar-refractivity contribution is 5.72. The summed E-state index contributed by atoms with van der Waals surface area (Å²) in [7, 11) is 0. The molecule has 1 aromatic rings. The second kappa shape index (κ2) is 7.61. The van der Waals surface area contributed by atoms with E-state index in [0.29, 0.717) is 18.1 Å². The van der Waals surface area contributed by atoms with Gasteiger partial charge in [0.05, 0.1) is 12.7 Å². The summed E-state index contributed by atoms with van der Waals surface area (Å²) < 4.78 is 24.1. The van der Waals surface area contributed by atoms with E-state index < -0.39 is 5.82 Å². The van der Waals surface area contributed by atoms with Gasteiger partial charge in [0.1, 0.15) is 6.61 Å². The average molecular weight is 269 g/mol. The summed E-state index contributed by atoms with van der Waals surface area (Å²) in [5.41, 5.74) is 0.682. The first-order chi connectivity index (χ1) is 9.02. The number of benzene rings is 1. The number of hydrogen-bond acceptors (Lipinski definition) is 4. The van der Waals surface area contributed by atoms with Crippen LogP contribution in [0.5, 0.6) is 5.75 Å². The topological polar surface area (TPSA) is 40.0 Å². The molecule has 0 radical (unpaired) electrons. The van der Waals surface area contributed by atoms with Crippen LogP contribution in [0.2, 0.25) is 0 Å². The lowest BCUT2D eigenvalue weighted by Gasteiger charge is -2.11. The van der Waals surface area contributed by atoms with Crippen molar-refractivity contribution in [1.82, 2.24) is 0 Å². The van der Waals surface area contributed by atoms with E-state index in [9.17, 15) is 4.39 Å². The van der Waals surface area contributed by atoms with E-state index >= 15 is 0 Å². The Bertz CT molecular complexity index is 433. The maximum Gasteiger partial charge on any atom is 0.222 e. The van der Waals surface area contributed by atoms with Crippen molar-refractivity contribution >= 4 is 5.90 Å². The predicted octanol–water partition coefficient (Wildman–Crippen LogP) is 3.50. The van der Waals surface area contributed by atoms with Gasteiger partial charge in [-0.3, -0.25) is 0 Å². The van der Waals surface area contributed by atoms with Crippen LogP contribution in [0.15, 0.2) is 23.4 Å². The van der Waals surface area contributed by atoms with E-state index in [1.807, 2.05) is 20.8 Å². The van der Waals surface area contributed by atoms with Crippen molar-refractivity contribution in [2.24, 2.45) is 5.16 Å². The van der Waals surface area contributed by atoms with Crippen LogP contribution in [-0.4, -0.2) is 18.6 Å². The Labute approximate surface area is 113 Å². The molecule has 0 aromatic heterocycles. The SMILES string of the molecule is CCO/C(C)=N/OCc1ccc(OC(C)C)c(F)c1. The average Bonchev–Trinajstić information content (AvgIpc) is 2.32. The molecule has 1 rings (SSSR count). The zero-order valence-corrected chi connectivity index (χ0v) is 11.8. The molecular weight excluding hydrogens is 249 g/mol. The summed E-state index contributed by atoms with van der Waals surface area (Å²) in [6.45, 7) is 7.98. The van der Waals surface area contributed by atoms with Gasteiger partial charge in [0, 0.05) is 6.92 Å². The van der Waals surface area contributed by atoms with Crippen LogP contribution in [0.4, 0.5) is 4.39 Å². The van der Waals surface area contributed by atoms with Crippen LogP contribution in [-0.2, 0) is 16.2 Å². The maximum atomic E-state index is 13.7. The molecule has 4 nitrogen and oxygen atoms in total. The van der Waals surface area contributed by atoms with Gasteiger partial charge in [0.25, 0.3) is 0 Å². The third kappa shape index (κ3) is 5.59. The first-order valence-electron chi connectivity index (χ1n) is 6.27.